The fourth-order valence-electron chi connectivity index (χ4n) is 3.98. The Labute approximate surface area is 197 Å². The first-order valence-electron chi connectivity index (χ1n) is 11.1. The van der Waals surface area contributed by atoms with Crippen LogP contribution in [0.1, 0.15) is 46.6 Å². The molecule has 0 saturated heterocycles. The molecule has 0 bridgehead atoms. The van der Waals surface area contributed by atoms with Gasteiger partial charge in [0.15, 0.2) is 0 Å². The van der Waals surface area contributed by atoms with Gasteiger partial charge in [-0.3, -0.25) is 4.79 Å². The molecule has 164 valence electrons. The highest BCUT2D eigenvalue weighted by Crippen LogP contribution is 2.20. The SMILES string of the molecule is Cc1cccc(Cn2c(CCCCCNC(=O)c3ccc(Br)cc3)nc3ccccc32)c1. The molecule has 0 aliphatic heterocycles. The Balaban J connectivity index is 1.32. The van der Waals surface area contributed by atoms with Crippen LogP contribution in [0.2, 0.25) is 0 Å². The lowest BCUT2D eigenvalue weighted by Gasteiger charge is -2.10. The molecule has 1 N–H and O–H groups in total. The predicted molar refractivity (Wildman–Crippen MR) is 134 cm³/mol. The van der Waals surface area contributed by atoms with Crippen LogP contribution in [0.4, 0.5) is 0 Å². The number of rotatable bonds is 9. The summed E-state index contributed by atoms with van der Waals surface area (Å²) in [5.41, 5.74) is 5.50. The van der Waals surface area contributed by atoms with Crippen molar-refractivity contribution in [2.24, 2.45) is 0 Å². The van der Waals surface area contributed by atoms with E-state index in [2.05, 4.69) is 75.2 Å². The molecule has 0 atom stereocenters. The fraction of sp³-hybridized carbons (Fsp3) is 0.259. The minimum atomic E-state index is -0.0163. The van der Waals surface area contributed by atoms with Gasteiger partial charge in [0.1, 0.15) is 5.82 Å². The van der Waals surface area contributed by atoms with Crippen molar-refractivity contribution in [1.82, 2.24) is 14.9 Å². The Bertz CT molecular complexity index is 1200. The number of halogens is 1. The van der Waals surface area contributed by atoms with Gasteiger partial charge in [0, 0.05) is 29.5 Å². The summed E-state index contributed by atoms with van der Waals surface area (Å²) in [6.07, 6.45) is 3.99. The van der Waals surface area contributed by atoms with E-state index in [4.69, 9.17) is 4.98 Å². The number of unbranched alkanes of at least 4 members (excludes halogenated alkanes) is 2. The molecule has 0 fully saturated rings. The highest BCUT2D eigenvalue weighted by Gasteiger charge is 2.11. The van der Waals surface area contributed by atoms with Crippen molar-refractivity contribution in [3.63, 3.8) is 0 Å². The maximum atomic E-state index is 12.2. The number of hydrogen-bond acceptors (Lipinski definition) is 2. The first-order chi connectivity index (χ1) is 15.6. The van der Waals surface area contributed by atoms with Gasteiger partial charge in [-0.1, -0.05) is 64.3 Å². The molecule has 4 rings (SSSR count). The van der Waals surface area contributed by atoms with Gasteiger partial charge in [-0.15, -0.1) is 0 Å². The lowest BCUT2D eigenvalue weighted by Crippen LogP contribution is -2.24. The number of aryl methyl sites for hydroxylation is 2. The smallest absolute Gasteiger partial charge is 0.251 e. The van der Waals surface area contributed by atoms with E-state index in [9.17, 15) is 4.79 Å². The summed E-state index contributed by atoms with van der Waals surface area (Å²) in [5, 5.41) is 3.01. The van der Waals surface area contributed by atoms with E-state index in [1.807, 2.05) is 30.3 Å². The van der Waals surface area contributed by atoms with Crippen molar-refractivity contribution in [2.75, 3.05) is 6.54 Å². The Kier molecular flexibility index (Phi) is 7.38. The molecule has 4 nitrogen and oxygen atoms in total. The van der Waals surface area contributed by atoms with E-state index >= 15 is 0 Å². The average Bonchev–Trinajstić information content (AvgIpc) is 3.14. The van der Waals surface area contributed by atoms with Gasteiger partial charge < -0.3 is 9.88 Å². The summed E-state index contributed by atoms with van der Waals surface area (Å²) in [6, 6.07) is 24.5. The highest BCUT2D eigenvalue weighted by atomic mass is 79.9. The number of para-hydroxylation sites is 2. The van der Waals surface area contributed by atoms with Gasteiger partial charge in [0.05, 0.1) is 11.0 Å². The summed E-state index contributed by atoms with van der Waals surface area (Å²) in [4.78, 5) is 17.1. The topological polar surface area (TPSA) is 46.9 Å². The molecule has 0 aliphatic carbocycles. The number of nitrogens with one attached hydrogen (secondary N) is 1. The van der Waals surface area contributed by atoms with Crippen LogP contribution in [-0.2, 0) is 13.0 Å². The summed E-state index contributed by atoms with van der Waals surface area (Å²) in [7, 11) is 0. The largest absolute Gasteiger partial charge is 0.352 e. The van der Waals surface area contributed by atoms with Gasteiger partial charge in [0.2, 0.25) is 0 Å². The van der Waals surface area contributed by atoms with Crippen molar-refractivity contribution in [3.8, 4) is 0 Å². The second-order valence-corrected chi connectivity index (χ2v) is 9.08. The quantitative estimate of drug-likeness (QED) is 0.280. The maximum Gasteiger partial charge on any atom is 0.251 e. The normalized spacial score (nSPS) is 11.1. The van der Waals surface area contributed by atoms with E-state index in [-0.39, 0.29) is 5.91 Å². The molecular weight excluding hydrogens is 462 g/mol. The Morgan fingerprint density at radius 3 is 2.59 bits per heavy atom. The van der Waals surface area contributed by atoms with Crippen LogP contribution in [0, 0.1) is 6.92 Å². The fourth-order valence-corrected chi connectivity index (χ4v) is 4.24. The lowest BCUT2D eigenvalue weighted by atomic mass is 10.1. The average molecular weight is 490 g/mol. The molecule has 0 aliphatic rings. The molecule has 0 unspecified atom stereocenters. The third-order valence-corrected chi connectivity index (χ3v) is 6.15. The third-order valence-electron chi connectivity index (χ3n) is 5.63. The van der Waals surface area contributed by atoms with Crippen molar-refractivity contribution in [2.45, 2.75) is 39.2 Å². The molecule has 0 spiro atoms. The number of hydrogen-bond donors (Lipinski definition) is 1. The number of benzene rings is 3. The number of aromatic nitrogens is 2. The van der Waals surface area contributed by atoms with Crippen LogP contribution in [0.3, 0.4) is 0 Å². The zero-order chi connectivity index (χ0) is 22.3. The lowest BCUT2D eigenvalue weighted by molar-refractivity contribution is 0.0953. The van der Waals surface area contributed by atoms with Crippen LogP contribution in [0.15, 0.2) is 77.3 Å². The Hall–Kier alpha value is -2.92. The predicted octanol–water partition coefficient (Wildman–Crippen LogP) is 6.30. The molecule has 0 radical (unpaired) electrons. The molecule has 1 heterocycles. The van der Waals surface area contributed by atoms with E-state index in [1.54, 1.807) is 0 Å². The second kappa shape index (κ2) is 10.6. The van der Waals surface area contributed by atoms with E-state index in [1.165, 1.54) is 16.6 Å². The summed E-state index contributed by atoms with van der Waals surface area (Å²) in [5.74, 6) is 1.11. The van der Waals surface area contributed by atoms with Crippen molar-refractivity contribution in [1.29, 1.82) is 0 Å². The minimum absolute atomic E-state index is 0.0163. The second-order valence-electron chi connectivity index (χ2n) is 8.17. The van der Waals surface area contributed by atoms with Crippen molar-refractivity contribution < 1.29 is 4.79 Å². The van der Waals surface area contributed by atoms with E-state index < -0.39 is 0 Å². The molecule has 32 heavy (non-hydrogen) atoms. The Morgan fingerprint density at radius 2 is 1.78 bits per heavy atom. The summed E-state index contributed by atoms with van der Waals surface area (Å²) in [6.45, 7) is 3.65. The monoisotopic (exact) mass is 489 g/mol. The molecule has 1 aromatic heterocycles. The van der Waals surface area contributed by atoms with Crippen molar-refractivity contribution >= 4 is 32.9 Å². The first kappa shape index (κ1) is 22.3. The van der Waals surface area contributed by atoms with Crippen LogP contribution < -0.4 is 5.32 Å². The number of carbonyl (C=O) groups is 1. The summed E-state index contributed by atoms with van der Waals surface area (Å²) < 4.78 is 3.32. The van der Waals surface area contributed by atoms with E-state index in [0.717, 1.165) is 48.0 Å². The van der Waals surface area contributed by atoms with Gasteiger partial charge in [-0.05, 0) is 61.7 Å². The van der Waals surface area contributed by atoms with Crippen LogP contribution in [0.25, 0.3) is 11.0 Å². The van der Waals surface area contributed by atoms with Gasteiger partial charge in [-0.25, -0.2) is 4.98 Å². The molecular formula is C27H28BrN3O. The van der Waals surface area contributed by atoms with Gasteiger partial charge in [-0.2, -0.15) is 0 Å². The molecule has 0 saturated carbocycles. The van der Waals surface area contributed by atoms with Crippen LogP contribution >= 0.6 is 15.9 Å². The third kappa shape index (κ3) is 5.65. The molecule has 5 heteroatoms. The first-order valence-corrected chi connectivity index (χ1v) is 11.9. The number of fused-ring (bicyclic) bond motifs is 1. The van der Waals surface area contributed by atoms with E-state index in [0.29, 0.717) is 12.1 Å². The highest BCUT2D eigenvalue weighted by molar-refractivity contribution is 9.10. The van der Waals surface area contributed by atoms with Gasteiger partial charge >= 0.3 is 0 Å². The number of nitrogens with zero attached hydrogens (tertiary/aromatic N) is 2. The molecule has 4 aromatic rings. The minimum Gasteiger partial charge on any atom is -0.352 e. The zero-order valence-corrected chi connectivity index (χ0v) is 19.9. The van der Waals surface area contributed by atoms with Crippen molar-refractivity contribution in [3.05, 3.63) is 99.8 Å². The maximum absolute atomic E-state index is 12.2. The number of imidazole rings is 1. The molecule has 1 amide bonds. The zero-order valence-electron chi connectivity index (χ0n) is 18.4. The number of carbonyl (C=O) groups excluding carboxylic acids is 1. The summed E-state index contributed by atoms with van der Waals surface area (Å²) >= 11 is 3.39. The number of amides is 1. The van der Waals surface area contributed by atoms with Crippen LogP contribution in [-0.4, -0.2) is 22.0 Å². The Morgan fingerprint density at radius 1 is 0.969 bits per heavy atom. The van der Waals surface area contributed by atoms with Crippen LogP contribution in [0.5, 0.6) is 0 Å². The standard InChI is InChI=1S/C27H28BrN3O/c1-20-8-7-9-21(18-20)19-31-25-11-5-4-10-24(25)30-26(31)12-3-2-6-17-29-27(32)22-13-15-23(28)16-14-22/h4-5,7-11,13-16,18H,2-3,6,12,17,19H2,1H3,(H,29,32). The van der Waals surface area contributed by atoms with Gasteiger partial charge in [0.25, 0.3) is 5.91 Å². The molecule has 3 aromatic carbocycles.